The van der Waals surface area contributed by atoms with Crippen LogP contribution in [0.1, 0.15) is 34.5 Å². The highest BCUT2D eigenvalue weighted by molar-refractivity contribution is 6.06. The number of hydrogen-bond donors (Lipinski definition) is 1. The first-order valence-corrected chi connectivity index (χ1v) is 8.58. The summed E-state index contributed by atoms with van der Waals surface area (Å²) in [6, 6.07) is 12.4. The Morgan fingerprint density at radius 1 is 1.08 bits per heavy atom. The monoisotopic (exact) mass is 352 g/mol. The fourth-order valence-corrected chi connectivity index (χ4v) is 3.39. The zero-order chi connectivity index (χ0) is 18.3. The normalized spacial score (nSPS) is 15.0. The topological polar surface area (TPSA) is 42.0 Å². The molecule has 0 bridgehead atoms. The number of aromatic nitrogens is 1. The zero-order valence-electron chi connectivity index (χ0n) is 14.4. The van der Waals surface area contributed by atoms with Crippen molar-refractivity contribution in [3.8, 4) is 0 Å². The molecule has 0 spiro atoms. The smallest absolute Gasteiger partial charge is 0.252 e. The summed E-state index contributed by atoms with van der Waals surface area (Å²) in [6.07, 6.45) is 1.92. The first-order chi connectivity index (χ1) is 12.5. The molecule has 1 amide bonds. The molecule has 2 aromatic carbocycles. The summed E-state index contributed by atoms with van der Waals surface area (Å²) in [7, 11) is 0. The Hall–Kier alpha value is -2.82. The Bertz CT molecular complexity index is 990. The van der Waals surface area contributed by atoms with E-state index in [0.717, 1.165) is 18.4 Å². The van der Waals surface area contributed by atoms with Gasteiger partial charge in [0.05, 0.1) is 11.1 Å². The summed E-state index contributed by atoms with van der Waals surface area (Å²) in [4.78, 5) is 17.1. The second-order valence-electron chi connectivity index (χ2n) is 6.94. The number of carbonyl (C=O) groups excluding carboxylic acids is 1. The van der Waals surface area contributed by atoms with Crippen molar-refractivity contribution >= 4 is 16.8 Å². The molecule has 3 nitrogen and oxygen atoms in total. The van der Waals surface area contributed by atoms with Crippen LogP contribution >= 0.6 is 0 Å². The molecule has 1 aliphatic rings. The van der Waals surface area contributed by atoms with E-state index in [9.17, 15) is 13.6 Å². The third-order valence-corrected chi connectivity index (χ3v) is 5.04. The maximum absolute atomic E-state index is 13.5. The largest absolute Gasteiger partial charge is 0.351 e. The quantitative estimate of drug-likeness (QED) is 0.761. The minimum atomic E-state index is -0.379. The van der Waals surface area contributed by atoms with Gasteiger partial charge in [-0.05, 0) is 55.7 Å². The summed E-state index contributed by atoms with van der Waals surface area (Å²) >= 11 is 0. The predicted molar refractivity (Wildman–Crippen MR) is 96.1 cm³/mol. The first kappa shape index (κ1) is 16.6. The third kappa shape index (κ3) is 3.05. The fourth-order valence-electron chi connectivity index (χ4n) is 3.39. The summed E-state index contributed by atoms with van der Waals surface area (Å²) in [5.41, 5.74) is 2.54. The van der Waals surface area contributed by atoms with Crippen molar-refractivity contribution in [3.05, 3.63) is 77.0 Å². The lowest BCUT2D eigenvalue weighted by Gasteiger charge is -2.17. The van der Waals surface area contributed by atoms with Gasteiger partial charge in [0.1, 0.15) is 11.6 Å². The molecule has 0 aliphatic heterocycles. The molecular weight excluding hydrogens is 334 g/mol. The van der Waals surface area contributed by atoms with Gasteiger partial charge in [0.25, 0.3) is 5.91 Å². The Kier molecular flexibility index (Phi) is 3.94. The van der Waals surface area contributed by atoms with Crippen molar-refractivity contribution in [3.63, 3.8) is 0 Å². The van der Waals surface area contributed by atoms with E-state index in [1.54, 1.807) is 31.2 Å². The van der Waals surface area contributed by atoms with Gasteiger partial charge in [-0.25, -0.2) is 8.78 Å². The molecule has 4 rings (SSSR count). The van der Waals surface area contributed by atoms with Crippen molar-refractivity contribution in [2.75, 3.05) is 6.54 Å². The number of nitrogens with zero attached hydrogens (tertiary/aromatic N) is 1. The van der Waals surface area contributed by atoms with Crippen LogP contribution in [0, 0.1) is 18.6 Å². The number of carbonyl (C=O) groups is 1. The number of pyridine rings is 1. The molecule has 1 fully saturated rings. The lowest BCUT2D eigenvalue weighted by Crippen LogP contribution is -2.32. The van der Waals surface area contributed by atoms with E-state index in [1.807, 2.05) is 0 Å². The van der Waals surface area contributed by atoms with Gasteiger partial charge in [-0.15, -0.1) is 0 Å². The van der Waals surface area contributed by atoms with Crippen molar-refractivity contribution in [2.45, 2.75) is 25.2 Å². The van der Waals surface area contributed by atoms with Gasteiger partial charge in [-0.1, -0.05) is 12.1 Å². The number of hydrogen-bond acceptors (Lipinski definition) is 2. The highest BCUT2D eigenvalue weighted by Crippen LogP contribution is 2.47. The number of nitrogens with one attached hydrogen (secondary N) is 1. The number of halogens is 2. The van der Waals surface area contributed by atoms with Crippen LogP contribution < -0.4 is 5.32 Å². The van der Waals surface area contributed by atoms with E-state index in [-0.39, 0.29) is 23.0 Å². The van der Waals surface area contributed by atoms with Crippen LogP contribution in [0.2, 0.25) is 0 Å². The van der Waals surface area contributed by atoms with E-state index >= 15 is 0 Å². The van der Waals surface area contributed by atoms with Crippen LogP contribution in [0.3, 0.4) is 0 Å². The van der Waals surface area contributed by atoms with Crippen molar-refractivity contribution in [1.82, 2.24) is 10.3 Å². The van der Waals surface area contributed by atoms with Gasteiger partial charge >= 0.3 is 0 Å². The molecule has 132 valence electrons. The summed E-state index contributed by atoms with van der Waals surface area (Å²) < 4.78 is 26.6. The maximum Gasteiger partial charge on any atom is 0.252 e. The number of amides is 1. The molecular formula is C21H18F2N2O. The van der Waals surface area contributed by atoms with Gasteiger partial charge in [0.15, 0.2) is 0 Å². The van der Waals surface area contributed by atoms with Crippen molar-refractivity contribution < 1.29 is 13.6 Å². The summed E-state index contributed by atoms with van der Waals surface area (Å²) in [5.74, 6) is -0.852. The molecule has 26 heavy (non-hydrogen) atoms. The number of benzene rings is 2. The van der Waals surface area contributed by atoms with Gasteiger partial charge in [0.2, 0.25) is 0 Å². The van der Waals surface area contributed by atoms with Crippen LogP contribution in [0.15, 0.2) is 48.5 Å². The number of rotatable bonds is 4. The van der Waals surface area contributed by atoms with E-state index in [2.05, 4.69) is 10.3 Å². The molecule has 1 saturated carbocycles. The number of fused-ring (bicyclic) bond motifs is 1. The van der Waals surface area contributed by atoms with Crippen LogP contribution in [-0.2, 0) is 5.41 Å². The third-order valence-electron chi connectivity index (χ3n) is 5.04. The predicted octanol–water partition coefficient (Wildman–Crippen LogP) is 4.28. The second kappa shape index (κ2) is 6.16. The summed E-state index contributed by atoms with van der Waals surface area (Å²) in [6.45, 7) is 2.27. The Morgan fingerprint density at radius 2 is 1.77 bits per heavy atom. The minimum absolute atomic E-state index is 0.118. The van der Waals surface area contributed by atoms with Gasteiger partial charge in [-0.3, -0.25) is 9.78 Å². The molecule has 1 N–H and O–H groups in total. The maximum atomic E-state index is 13.5. The lowest BCUT2D eigenvalue weighted by molar-refractivity contribution is 0.0951. The molecule has 0 saturated heterocycles. The minimum Gasteiger partial charge on any atom is -0.351 e. The number of aryl methyl sites for hydroxylation is 1. The van der Waals surface area contributed by atoms with E-state index in [4.69, 9.17) is 0 Å². The van der Waals surface area contributed by atoms with E-state index in [1.165, 1.54) is 24.3 Å². The molecule has 0 radical (unpaired) electrons. The first-order valence-electron chi connectivity index (χ1n) is 8.58. The molecule has 3 aromatic rings. The highest BCUT2D eigenvalue weighted by atomic mass is 19.1. The summed E-state index contributed by atoms with van der Waals surface area (Å²) in [5, 5.41) is 3.62. The Balaban J connectivity index is 1.57. The fraction of sp³-hybridized carbons (Fsp3) is 0.238. The molecule has 1 aliphatic carbocycles. The lowest BCUT2D eigenvalue weighted by atomic mass is 9.95. The van der Waals surface area contributed by atoms with Gasteiger partial charge in [-0.2, -0.15) is 0 Å². The molecule has 1 heterocycles. The molecule has 0 unspecified atom stereocenters. The van der Waals surface area contributed by atoms with Crippen LogP contribution in [0.4, 0.5) is 8.78 Å². The van der Waals surface area contributed by atoms with Gasteiger partial charge in [0, 0.05) is 29.1 Å². The average Bonchev–Trinajstić information content (AvgIpc) is 3.40. The Labute approximate surface area is 150 Å². The Morgan fingerprint density at radius 3 is 2.46 bits per heavy atom. The SMILES string of the molecule is Cc1cc(C(=O)NCC2(c3ccc(F)cc3)CC2)c2ccc(F)cc2n1. The van der Waals surface area contributed by atoms with Crippen LogP contribution in [0.5, 0.6) is 0 Å². The average molecular weight is 352 g/mol. The van der Waals surface area contributed by atoms with E-state index < -0.39 is 0 Å². The molecule has 0 atom stereocenters. The van der Waals surface area contributed by atoms with Crippen LogP contribution in [0.25, 0.3) is 10.9 Å². The standard InChI is InChI=1S/C21H18F2N2O/c1-13-10-18(17-7-6-16(23)11-19(17)25-13)20(26)24-12-21(8-9-21)14-2-4-15(22)5-3-14/h2-7,10-11H,8-9,12H2,1H3,(H,24,26). The van der Waals surface area contributed by atoms with Crippen LogP contribution in [-0.4, -0.2) is 17.4 Å². The van der Waals surface area contributed by atoms with Crippen molar-refractivity contribution in [2.24, 2.45) is 0 Å². The van der Waals surface area contributed by atoms with Gasteiger partial charge < -0.3 is 5.32 Å². The van der Waals surface area contributed by atoms with Crippen molar-refractivity contribution in [1.29, 1.82) is 0 Å². The second-order valence-corrected chi connectivity index (χ2v) is 6.94. The van der Waals surface area contributed by atoms with E-state index in [0.29, 0.717) is 28.7 Å². The molecule has 5 heteroatoms. The highest BCUT2D eigenvalue weighted by Gasteiger charge is 2.44. The zero-order valence-corrected chi connectivity index (χ0v) is 14.4. The molecule has 1 aromatic heterocycles.